The molecule has 0 saturated heterocycles. The van der Waals surface area contributed by atoms with E-state index in [0.29, 0.717) is 5.56 Å². The number of carbonyl (C=O) groups is 1. The Morgan fingerprint density at radius 1 is 1.38 bits per heavy atom. The third-order valence-electron chi connectivity index (χ3n) is 2.03. The number of Topliss-reactive ketones (excluding diaryl/α,β-unsaturated/α-hetero) is 1. The summed E-state index contributed by atoms with van der Waals surface area (Å²) in [6, 6.07) is 4.80. The summed E-state index contributed by atoms with van der Waals surface area (Å²) in [6.07, 6.45) is -2.74. The number of hydrogen-bond acceptors (Lipinski definition) is 1. The molecule has 0 unspecified atom stereocenters. The van der Waals surface area contributed by atoms with Crippen molar-refractivity contribution in [3.8, 4) is 0 Å². The van der Waals surface area contributed by atoms with Gasteiger partial charge in [-0.25, -0.2) is 0 Å². The van der Waals surface area contributed by atoms with E-state index in [1.54, 1.807) is 0 Å². The fourth-order valence-electron chi connectivity index (χ4n) is 1.32. The molecule has 0 aromatic heterocycles. The van der Waals surface area contributed by atoms with E-state index in [0.717, 1.165) is 12.1 Å². The predicted molar refractivity (Wildman–Crippen MR) is 55.0 cm³/mol. The van der Waals surface area contributed by atoms with Crippen molar-refractivity contribution in [3.05, 3.63) is 48.0 Å². The molecule has 0 radical (unpaired) electrons. The highest BCUT2D eigenvalue weighted by atomic mass is 19.4. The molecule has 0 amide bonds. The first-order valence-corrected chi connectivity index (χ1v) is 4.72. The highest BCUT2D eigenvalue weighted by molar-refractivity contribution is 5.82. The van der Waals surface area contributed by atoms with Crippen LogP contribution in [0.1, 0.15) is 17.5 Å². The van der Waals surface area contributed by atoms with Gasteiger partial charge in [0.05, 0.1) is 5.56 Å². The third-order valence-corrected chi connectivity index (χ3v) is 2.03. The number of rotatable bonds is 4. The highest BCUT2D eigenvalue weighted by Crippen LogP contribution is 2.29. The molecule has 0 spiro atoms. The van der Waals surface area contributed by atoms with Crippen LogP contribution in [0.4, 0.5) is 13.2 Å². The van der Waals surface area contributed by atoms with Gasteiger partial charge in [-0.15, -0.1) is 6.58 Å². The van der Waals surface area contributed by atoms with Gasteiger partial charge in [0.15, 0.2) is 0 Å². The van der Waals surface area contributed by atoms with E-state index in [-0.39, 0.29) is 18.6 Å². The SMILES string of the molecule is C=CCC(=O)Cc1cccc(C(F)(F)F)c1. The van der Waals surface area contributed by atoms with Gasteiger partial charge in [0, 0.05) is 12.8 Å². The van der Waals surface area contributed by atoms with Crippen LogP contribution in [0.15, 0.2) is 36.9 Å². The van der Waals surface area contributed by atoms with Gasteiger partial charge < -0.3 is 0 Å². The lowest BCUT2D eigenvalue weighted by Crippen LogP contribution is -2.07. The van der Waals surface area contributed by atoms with Gasteiger partial charge in [0.2, 0.25) is 0 Å². The Morgan fingerprint density at radius 3 is 2.62 bits per heavy atom. The summed E-state index contributed by atoms with van der Waals surface area (Å²) < 4.78 is 37.1. The molecule has 1 aromatic rings. The Labute approximate surface area is 91.6 Å². The van der Waals surface area contributed by atoms with E-state index in [9.17, 15) is 18.0 Å². The Hall–Kier alpha value is -1.58. The minimum absolute atomic E-state index is 0.00986. The normalized spacial score (nSPS) is 11.2. The van der Waals surface area contributed by atoms with Gasteiger partial charge in [-0.1, -0.05) is 24.3 Å². The molecule has 0 atom stereocenters. The Balaban J connectivity index is 2.83. The summed E-state index contributed by atoms with van der Waals surface area (Å²) in [5.74, 6) is -0.144. The Morgan fingerprint density at radius 2 is 2.06 bits per heavy atom. The highest BCUT2D eigenvalue weighted by Gasteiger charge is 2.30. The lowest BCUT2D eigenvalue weighted by atomic mass is 10.0. The molecule has 16 heavy (non-hydrogen) atoms. The van der Waals surface area contributed by atoms with Crippen LogP contribution in [0.5, 0.6) is 0 Å². The molecule has 0 N–H and O–H groups in total. The average molecular weight is 228 g/mol. The van der Waals surface area contributed by atoms with Crippen LogP contribution in [0, 0.1) is 0 Å². The number of hydrogen-bond donors (Lipinski definition) is 0. The molecule has 0 aliphatic carbocycles. The van der Waals surface area contributed by atoms with Crippen molar-refractivity contribution >= 4 is 5.78 Å². The number of ketones is 1. The molecule has 0 heterocycles. The van der Waals surface area contributed by atoms with Crippen molar-refractivity contribution in [2.24, 2.45) is 0 Å². The topological polar surface area (TPSA) is 17.1 Å². The zero-order valence-electron chi connectivity index (χ0n) is 8.55. The fraction of sp³-hybridized carbons (Fsp3) is 0.250. The number of allylic oxidation sites excluding steroid dienone is 1. The van der Waals surface area contributed by atoms with Crippen molar-refractivity contribution in [1.29, 1.82) is 0 Å². The molecule has 1 rings (SSSR count). The molecule has 86 valence electrons. The summed E-state index contributed by atoms with van der Waals surface area (Å²) in [7, 11) is 0. The lowest BCUT2D eigenvalue weighted by molar-refractivity contribution is -0.137. The largest absolute Gasteiger partial charge is 0.416 e. The monoisotopic (exact) mass is 228 g/mol. The summed E-state index contributed by atoms with van der Waals surface area (Å²) in [4.78, 5) is 11.2. The maximum atomic E-state index is 12.4. The molecule has 0 aliphatic rings. The second-order valence-corrected chi connectivity index (χ2v) is 3.41. The van der Waals surface area contributed by atoms with Crippen molar-refractivity contribution in [3.63, 3.8) is 0 Å². The number of halogens is 3. The van der Waals surface area contributed by atoms with Crippen LogP contribution in [-0.2, 0) is 17.4 Å². The quantitative estimate of drug-likeness (QED) is 0.722. The van der Waals surface area contributed by atoms with E-state index in [4.69, 9.17) is 0 Å². The molecular weight excluding hydrogens is 217 g/mol. The van der Waals surface area contributed by atoms with Crippen LogP contribution >= 0.6 is 0 Å². The Bertz CT molecular complexity index is 393. The van der Waals surface area contributed by atoms with Crippen molar-refractivity contribution < 1.29 is 18.0 Å². The number of alkyl halides is 3. The summed E-state index contributed by atoms with van der Waals surface area (Å²) in [5, 5.41) is 0. The molecule has 0 bridgehead atoms. The lowest BCUT2D eigenvalue weighted by Gasteiger charge is -2.07. The predicted octanol–water partition coefficient (Wildman–Crippen LogP) is 3.39. The van der Waals surface area contributed by atoms with Crippen molar-refractivity contribution in [2.75, 3.05) is 0 Å². The Kier molecular flexibility index (Phi) is 3.88. The molecular formula is C12H11F3O. The van der Waals surface area contributed by atoms with E-state index >= 15 is 0 Å². The van der Waals surface area contributed by atoms with Crippen LogP contribution in [-0.4, -0.2) is 5.78 Å². The zero-order chi connectivity index (χ0) is 12.2. The standard InChI is InChI=1S/C12H11F3O/c1-2-4-11(16)8-9-5-3-6-10(7-9)12(13,14)15/h2-3,5-7H,1,4,8H2. The number of carbonyl (C=O) groups excluding carboxylic acids is 1. The van der Waals surface area contributed by atoms with Crippen LogP contribution in [0.2, 0.25) is 0 Å². The van der Waals surface area contributed by atoms with Gasteiger partial charge in [0.1, 0.15) is 5.78 Å². The van der Waals surface area contributed by atoms with Gasteiger partial charge in [-0.2, -0.15) is 13.2 Å². The average Bonchev–Trinajstić information content (AvgIpc) is 2.17. The molecule has 0 fully saturated rings. The minimum Gasteiger partial charge on any atom is -0.299 e. The van der Waals surface area contributed by atoms with Gasteiger partial charge in [-0.05, 0) is 11.6 Å². The van der Waals surface area contributed by atoms with Crippen LogP contribution in [0.25, 0.3) is 0 Å². The number of benzene rings is 1. The first kappa shape index (κ1) is 12.5. The molecule has 1 aromatic carbocycles. The van der Waals surface area contributed by atoms with E-state index in [2.05, 4.69) is 6.58 Å². The minimum atomic E-state index is -4.36. The van der Waals surface area contributed by atoms with Crippen LogP contribution < -0.4 is 0 Å². The van der Waals surface area contributed by atoms with Crippen LogP contribution in [0.3, 0.4) is 0 Å². The van der Waals surface area contributed by atoms with Gasteiger partial charge >= 0.3 is 6.18 Å². The summed E-state index contributed by atoms with van der Waals surface area (Å²) in [5.41, 5.74) is -0.349. The molecule has 0 aliphatic heterocycles. The first-order valence-electron chi connectivity index (χ1n) is 4.72. The van der Waals surface area contributed by atoms with E-state index in [1.165, 1.54) is 18.2 Å². The zero-order valence-corrected chi connectivity index (χ0v) is 8.55. The van der Waals surface area contributed by atoms with E-state index in [1.807, 2.05) is 0 Å². The first-order chi connectivity index (χ1) is 7.43. The van der Waals surface area contributed by atoms with Gasteiger partial charge in [-0.3, -0.25) is 4.79 Å². The van der Waals surface area contributed by atoms with E-state index < -0.39 is 11.7 Å². The molecule has 4 heteroatoms. The third kappa shape index (κ3) is 3.53. The van der Waals surface area contributed by atoms with Crippen molar-refractivity contribution in [1.82, 2.24) is 0 Å². The molecule has 1 nitrogen and oxygen atoms in total. The maximum Gasteiger partial charge on any atom is 0.416 e. The second kappa shape index (κ2) is 4.96. The molecule has 0 saturated carbocycles. The summed E-state index contributed by atoms with van der Waals surface area (Å²) >= 11 is 0. The summed E-state index contributed by atoms with van der Waals surface area (Å²) in [6.45, 7) is 3.40. The van der Waals surface area contributed by atoms with Crippen molar-refractivity contribution in [2.45, 2.75) is 19.0 Å². The smallest absolute Gasteiger partial charge is 0.299 e. The maximum absolute atomic E-state index is 12.4. The fourth-order valence-corrected chi connectivity index (χ4v) is 1.32. The van der Waals surface area contributed by atoms with Gasteiger partial charge in [0.25, 0.3) is 0 Å². The second-order valence-electron chi connectivity index (χ2n) is 3.41.